The van der Waals surface area contributed by atoms with Crippen LogP contribution in [0.1, 0.15) is 26.7 Å². The van der Waals surface area contributed by atoms with Crippen LogP contribution < -0.4 is 5.32 Å². The van der Waals surface area contributed by atoms with Crippen molar-refractivity contribution in [2.45, 2.75) is 43.7 Å². The third kappa shape index (κ3) is 4.77. The SMILES string of the molecule is CC1NCCN(C(=O)CCCN(C)S(=O)(=O)c2ccc(F)cc2)C1C. The molecule has 1 N–H and O–H groups in total. The molecule has 0 aliphatic carbocycles. The molecule has 6 nitrogen and oxygen atoms in total. The number of piperazine rings is 1. The largest absolute Gasteiger partial charge is 0.337 e. The van der Waals surface area contributed by atoms with Gasteiger partial charge < -0.3 is 10.2 Å². The molecule has 1 heterocycles. The zero-order valence-electron chi connectivity index (χ0n) is 14.9. The van der Waals surface area contributed by atoms with Gasteiger partial charge in [-0.15, -0.1) is 0 Å². The quantitative estimate of drug-likeness (QED) is 0.821. The van der Waals surface area contributed by atoms with Gasteiger partial charge in [-0.05, 0) is 44.5 Å². The van der Waals surface area contributed by atoms with E-state index >= 15 is 0 Å². The van der Waals surface area contributed by atoms with Crippen molar-refractivity contribution in [1.29, 1.82) is 0 Å². The zero-order valence-corrected chi connectivity index (χ0v) is 15.7. The van der Waals surface area contributed by atoms with Crippen LogP contribution in [0, 0.1) is 5.82 Å². The van der Waals surface area contributed by atoms with Crippen molar-refractivity contribution in [2.24, 2.45) is 0 Å². The number of hydrogen-bond donors (Lipinski definition) is 1. The second-order valence-electron chi connectivity index (χ2n) is 6.45. The molecule has 1 fully saturated rings. The molecule has 0 spiro atoms. The molecule has 25 heavy (non-hydrogen) atoms. The first-order valence-electron chi connectivity index (χ1n) is 8.48. The maximum Gasteiger partial charge on any atom is 0.242 e. The lowest BCUT2D eigenvalue weighted by Gasteiger charge is -2.38. The third-order valence-electron chi connectivity index (χ3n) is 4.74. The summed E-state index contributed by atoms with van der Waals surface area (Å²) in [5.74, 6) is -0.431. The summed E-state index contributed by atoms with van der Waals surface area (Å²) < 4.78 is 39.0. The van der Waals surface area contributed by atoms with E-state index < -0.39 is 15.8 Å². The summed E-state index contributed by atoms with van der Waals surface area (Å²) in [7, 11) is -2.20. The Morgan fingerprint density at radius 2 is 1.96 bits per heavy atom. The predicted octanol–water partition coefficient (Wildman–Crippen LogP) is 1.44. The van der Waals surface area contributed by atoms with E-state index in [2.05, 4.69) is 5.32 Å². The van der Waals surface area contributed by atoms with Crippen molar-refractivity contribution in [3.05, 3.63) is 30.1 Å². The summed E-state index contributed by atoms with van der Waals surface area (Å²) in [5, 5.41) is 3.32. The van der Waals surface area contributed by atoms with Gasteiger partial charge in [-0.1, -0.05) is 0 Å². The molecule has 0 saturated carbocycles. The number of rotatable bonds is 6. The van der Waals surface area contributed by atoms with Gasteiger partial charge in [0.25, 0.3) is 0 Å². The van der Waals surface area contributed by atoms with Crippen LogP contribution in [0.15, 0.2) is 29.2 Å². The second kappa shape index (κ2) is 8.25. The van der Waals surface area contributed by atoms with Gasteiger partial charge in [0.05, 0.1) is 4.90 Å². The van der Waals surface area contributed by atoms with E-state index in [-0.39, 0.29) is 29.4 Å². The number of nitrogens with one attached hydrogen (secondary N) is 1. The first kappa shape index (κ1) is 19.8. The van der Waals surface area contributed by atoms with Gasteiger partial charge in [0, 0.05) is 45.2 Å². The molecule has 0 bridgehead atoms. The summed E-state index contributed by atoms with van der Waals surface area (Å²) in [6.07, 6.45) is 0.751. The Kier molecular flexibility index (Phi) is 6.53. The molecule has 1 aromatic rings. The van der Waals surface area contributed by atoms with Crippen molar-refractivity contribution in [3.63, 3.8) is 0 Å². The van der Waals surface area contributed by atoms with Crippen LogP contribution in [0.3, 0.4) is 0 Å². The highest BCUT2D eigenvalue weighted by molar-refractivity contribution is 7.89. The van der Waals surface area contributed by atoms with Gasteiger partial charge in [-0.2, -0.15) is 0 Å². The fourth-order valence-electron chi connectivity index (χ4n) is 2.91. The Morgan fingerprint density at radius 1 is 1.32 bits per heavy atom. The topological polar surface area (TPSA) is 69.7 Å². The minimum Gasteiger partial charge on any atom is -0.337 e. The number of halogens is 1. The first-order valence-corrected chi connectivity index (χ1v) is 9.92. The van der Waals surface area contributed by atoms with Gasteiger partial charge in [-0.25, -0.2) is 17.1 Å². The minimum atomic E-state index is -3.67. The maximum absolute atomic E-state index is 12.9. The molecule has 1 amide bonds. The molecule has 1 aliphatic heterocycles. The number of carbonyl (C=O) groups is 1. The van der Waals surface area contributed by atoms with E-state index in [0.717, 1.165) is 18.7 Å². The van der Waals surface area contributed by atoms with Crippen molar-refractivity contribution < 1.29 is 17.6 Å². The lowest BCUT2D eigenvalue weighted by Crippen LogP contribution is -2.57. The first-order chi connectivity index (χ1) is 11.7. The lowest BCUT2D eigenvalue weighted by atomic mass is 10.1. The number of carbonyl (C=O) groups excluding carboxylic acids is 1. The van der Waals surface area contributed by atoms with Gasteiger partial charge in [0.2, 0.25) is 15.9 Å². The number of nitrogens with zero attached hydrogens (tertiary/aromatic N) is 2. The average molecular weight is 371 g/mol. The summed E-state index contributed by atoms with van der Waals surface area (Å²) >= 11 is 0. The van der Waals surface area contributed by atoms with Gasteiger partial charge >= 0.3 is 0 Å². The van der Waals surface area contributed by atoms with Gasteiger partial charge in [-0.3, -0.25) is 4.79 Å². The molecule has 1 aromatic carbocycles. The highest BCUT2D eigenvalue weighted by Crippen LogP contribution is 2.16. The standard InChI is InChI=1S/C17H26FN3O3S/c1-13-14(2)21(12-10-19-13)17(22)5-4-11-20(3)25(23,24)16-8-6-15(18)7-9-16/h6-9,13-14,19H,4-5,10-12H2,1-3H3. The van der Waals surface area contributed by atoms with Crippen LogP contribution >= 0.6 is 0 Å². The number of amides is 1. The summed E-state index contributed by atoms with van der Waals surface area (Å²) in [6.45, 7) is 5.75. The predicted molar refractivity (Wildman–Crippen MR) is 94.1 cm³/mol. The molecule has 2 unspecified atom stereocenters. The van der Waals surface area contributed by atoms with E-state index in [1.54, 1.807) is 0 Å². The van der Waals surface area contributed by atoms with E-state index in [9.17, 15) is 17.6 Å². The van der Waals surface area contributed by atoms with Crippen LogP contribution in [0.5, 0.6) is 0 Å². The monoisotopic (exact) mass is 371 g/mol. The van der Waals surface area contributed by atoms with E-state index in [0.29, 0.717) is 19.4 Å². The number of hydrogen-bond acceptors (Lipinski definition) is 4. The van der Waals surface area contributed by atoms with Crippen LogP contribution in [0.25, 0.3) is 0 Å². The van der Waals surface area contributed by atoms with Crippen LogP contribution in [0.2, 0.25) is 0 Å². The van der Waals surface area contributed by atoms with Gasteiger partial charge in [0.1, 0.15) is 5.82 Å². The molecule has 2 rings (SSSR count). The highest BCUT2D eigenvalue weighted by Gasteiger charge is 2.28. The van der Waals surface area contributed by atoms with Crippen LogP contribution in [0.4, 0.5) is 4.39 Å². The minimum absolute atomic E-state index is 0.0484. The molecule has 0 radical (unpaired) electrons. The summed E-state index contributed by atoms with van der Waals surface area (Å²) in [6, 6.07) is 5.11. The Hall–Kier alpha value is -1.51. The lowest BCUT2D eigenvalue weighted by molar-refractivity contribution is -0.135. The van der Waals surface area contributed by atoms with Crippen molar-refractivity contribution in [3.8, 4) is 0 Å². The van der Waals surface area contributed by atoms with Crippen molar-refractivity contribution in [2.75, 3.05) is 26.7 Å². The summed E-state index contributed by atoms with van der Waals surface area (Å²) in [5.41, 5.74) is 0. The highest BCUT2D eigenvalue weighted by atomic mass is 32.2. The third-order valence-corrected chi connectivity index (χ3v) is 6.61. The smallest absolute Gasteiger partial charge is 0.242 e. The molecule has 0 aromatic heterocycles. The molecule has 2 atom stereocenters. The van der Waals surface area contributed by atoms with E-state index in [4.69, 9.17) is 0 Å². The zero-order chi connectivity index (χ0) is 18.6. The fraction of sp³-hybridized carbons (Fsp3) is 0.588. The Morgan fingerprint density at radius 3 is 2.60 bits per heavy atom. The Bertz CT molecular complexity index is 694. The van der Waals surface area contributed by atoms with Crippen LogP contribution in [-0.2, 0) is 14.8 Å². The average Bonchev–Trinajstić information content (AvgIpc) is 2.57. The number of benzene rings is 1. The Balaban J connectivity index is 1.88. The Labute approximate surface area is 149 Å². The maximum atomic E-state index is 12.9. The van der Waals surface area contributed by atoms with Crippen LogP contribution in [-0.4, -0.2) is 62.3 Å². The molecule has 140 valence electrons. The number of sulfonamides is 1. The van der Waals surface area contributed by atoms with E-state index in [1.165, 1.54) is 23.5 Å². The van der Waals surface area contributed by atoms with Crippen molar-refractivity contribution >= 4 is 15.9 Å². The van der Waals surface area contributed by atoms with Crippen molar-refractivity contribution in [1.82, 2.24) is 14.5 Å². The molecular weight excluding hydrogens is 345 g/mol. The molecule has 1 aliphatic rings. The fourth-order valence-corrected chi connectivity index (χ4v) is 4.12. The second-order valence-corrected chi connectivity index (χ2v) is 8.50. The molecular formula is C17H26FN3O3S. The summed E-state index contributed by atoms with van der Waals surface area (Å²) in [4.78, 5) is 14.3. The van der Waals surface area contributed by atoms with Gasteiger partial charge in [0.15, 0.2) is 0 Å². The van der Waals surface area contributed by atoms with E-state index in [1.807, 2.05) is 18.7 Å². The molecule has 8 heteroatoms. The molecule has 1 saturated heterocycles. The normalized spacial score (nSPS) is 21.6.